The highest BCUT2D eigenvalue weighted by Crippen LogP contribution is 2.18. The Morgan fingerprint density at radius 1 is 0.253 bits per heavy atom. The van der Waals surface area contributed by atoms with E-state index in [1.807, 2.05) is 0 Å². The van der Waals surface area contributed by atoms with Gasteiger partial charge in [-0.25, -0.2) is 0 Å². The van der Waals surface area contributed by atoms with Crippen molar-refractivity contribution in [2.45, 2.75) is 386 Å². The summed E-state index contributed by atoms with van der Waals surface area (Å²) in [6.07, 6.45) is 85.7. The van der Waals surface area contributed by atoms with E-state index in [9.17, 15) is 14.4 Å². The first kappa shape index (κ1) is 76.4. The van der Waals surface area contributed by atoms with E-state index in [1.165, 1.54) is 263 Å². The van der Waals surface area contributed by atoms with Crippen molar-refractivity contribution >= 4 is 17.9 Å². The van der Waals surface area contributed by atoms with Gasteiger partial charge in [-0.3, -0.25) is 14.4 Å². The number of esters is 3. The molecule has 0 N–H and O–H groups in total. The zero-order chi connectivity index (χ0) is 57.1. The molecule has 1 unspecified atom stereocenters. The minimum absolute atomic E-state index is 0.0755. The molecule has 0 amide bonds. The highest BCUT2D eigenvalue weighted by atomic mass is 16.6. The Kier molecular flexibility index (Phi) is 65.6. The molecule has 0 aromatic rings. The molecule has 1 atom stereocenters. The normalized spacial score (nSPS) is 12.3. The lowest BCUT2D eigenvalue weighted by Gasteiger charge is -2.18. The number of carbonyl (C=O) groups excluding carboxylic acids is 3. The second-order valence-electron chi connectivity index (χ2n) is 23.8. The van der Waals surface area contributed by atoms with Gasteiger partial charge in [0, 0.05) is 19.3 Å². The van der Waals surface area contributed by atoms with Gasteiger partial charge in [-0.1, -0.05) is 307 Å². The number of hydrogen-bond acceptors (Lipinski definition) is 6. The highest BCUT2D eigenvalue weighted by Gasteiger charge is 2.19. The Hall–Kier alpha value is -2.63. The van der Waals surface area contributed by atoms with Crippen molar-refractivity contribution in [1.82, 2.24) is 0 Å². The topological polar surface area (TPSA) is 78.9 Å². The molecule has 0 saturated carbocycles. The molecule has 0 aromatic carbocycles. The van der Waals surface area contributed by atoms with Crippen molar-refractivity contribution in [3.8, 4) is 0 Å². The van der Waals surface area contributed by atoms with E-state index in [1.54, 1.807) is 0 Å². The molecule has 0 radical (unpaired) electrons. The van der Waals surface area contributed by atoms with Crippen LogP contribution in [0.15, 0.2) is 48.6 Å². The Morgan fingerprint density at radius 3 is 0.722 bits per heavy atom. The third-order valence-corrected chi connectivity index (χ3v) is 15.8. The van der Waals surface area contributed by atoms with Crippen LogP contribution in [0.5, 0.6) is 0 Å². The van der Waals surface area contributed by atoms with Crippen LogP contribution in [0.4, 0.5) is 0 Å². The summed E-state index contributed by atoms with van der Waals surface area (Å²) in [5, 5.41) is 0. The van der Waals surface area contributed by atoms with E-state index < -0.39 is 6.10 Å². The largest absolute Gasteiger partial charge is 0.462 e. The van der Waals surface area contributed by atoms with Crippen LogP contribution >= 0.6 is 0 Å². The van der Waals surface area contributed by atoms with Gasteiger partial charge in [-0.15, -0.1) is 0 Å². The number of allylic oxidation sites excluding steroid dienone is 8. The van der Waals surface area contributed by atoms with Gasteiger partial charge in [0.15, 0.2) is 6.10 Å². The monoisotopic (exact) mass is 1110 g/mol. The van der Waals surface area contributed by atoms with Crippen molar-refractivity contribution in [3.63, 3.8) is 0 Å². The summed E-state index contributed by atoms with van der Waals surface area (Å²) in [4.78, 5) is 38.4. The molecule has 0 aliphatic rings. The lowest BCUT2D eigenvalue weighted by molar-refractivity contribution is -0.167. The lowest BCUT2D eigenvalue weighted by atomic mass is 10.0. The fourth-order valence-electron chi connectivity index (χ4n) is 10.5. The number of hydrogen-bond donors (Lipinski definition) is 0. The zero-order valence-electron chi connectivity index (χ0n) is 53.2. The van der Waals surface area contributed by atoms with Crippen molar-refractivity contribution in [1.29, 1.82) is 0 Å². The Morgan fingerprint density at radius 2 is 0.456 bits per heavy atom. The van der Waals surface area contributed by atoms with Crippen LogP contribution < -0.4 is 0 Å². The summed E-state index contributed by atoms with van der Waals surface area (Å²) in [5.74, 6) is -0.869. The fourth-order valence-corrected chi connectivity index (χ4v) is 10.5. The van der Waals surface area contributed by atoms with Crippen molar-refractivity contribution in [3.05, 3.63) is 48.6 Å². The Bertz CT molecular complexity index is 1360. The minimum Gasteiger partial charge on any atom is -0.462 e. The maximum Gasteiger partial charge on any atom is 0.306 e. The standard InChI is InChI=1S/C73H134O6/c1-4-7-10-13-16-19-22-25-28-30-32-33-34-35-36-37-38-39-40-41-42-44-45-48-51-54-57-60-63-66-72(75)78-69-70(68-77-71(74)65-62-59-56-53-50-47-27-24-21-18-15-12-9-6-3)79-73(76)67-64-61-58-55-52-49-46-43-31-29-26-23-20-17-14-11-8-5-2/h20,23-24,27,29-32,70H,4-19,21-22,25-26,28,33-69H2,1-3H3/b23-20-,27-24-,31-29-,32-30-. The SMILES string of the molecule is CCCCCC/C=C\C/C=C\CCCCCCCCCC(=O)OC(COC(=O)CCCCCCC/C=C\CCCCCCC)COC(=O)CCCCCCCCCCCCCCCCCCC/C=C\CCCCCCCCCC. The first-order valence-electron chi connectivity index (χ1n) is 35.1. The van der Waals surface area contributed by atoms with Crippen LogP contribution in [-0.4, -0.2) is 37.2 Å². The first-order chi connectivity index (χ1) is 39.0. The fraction of sp³-hybridized carbons (Fsp3) is 0.849. The maximum atomic E-state index is 12.9. The van der Waals surface area contributed by atoms with Gasteiger partial charge in [0.1, 0.15) is 13.2 Å². The average molecular weight is 1110 g/mol. The van der Waals surface area contributed by atoms with Crippen molar-refractivity contribution in [2.24, 2.45) is 0 Å². The number of ether oxygens (including phenoxy) is 3. The molecule has 0 aliphatic heterocycles. The second-order valence-corrected chi connectivity index (χ2v) is 23.8. The predicted molar refractivity (Wildman–Crippen MR) is 344 cm³/mol. The molecule has 0 aromatic heterocycles. The lowest BCUT2D eigenvalue weighted by Crippen LogP contribution is -2.30. The Balaban J connectivity index is 4.21. The summed E-state index contributed by atoms with van der Waals surface area (Å²) in [6.45, 7) is 6.66. The highest BCUT2D eigenvalue weighted by molar-refractivity contribution is 5.71. The van der Waals surface area contributed by atoms with E-state index >= 15 is 0 Å². The second kappa shape index (κ2) is 67.9. The number of carbonyl (C=O) groups is 3. The zero-order valence-corrected chi connectivity index (χ0v) is 53.2. The van der Waals surface area contributed by atoms with E-state index in [-0.39, 0.29) is 31.1 Å². The third kappa shape index (κ3) is 66.1. The van der Waals surface area contributed by atoms with Gasteiger partial charge in [0.2, 0.25) is 0 Å². The van der Waals surface area contributed by atoms with Crippen LogP contribution in [0.25, 0.3) is 0 Å². The molecule has 0 fully saturated rings. The maximum absolute atomic E-state index is 12.9. The number of rotatable bonds is 65. The molecule has 0 bridgehead atoms. The van der Waals surface area contributed by atoms with Gasteiger partial charge in [-0.05, 0) is 103 Å². The van der Waals surface area contributed by atoms with Crippen LogP contribution in [0, 0.1) is 0 Å². The van der Waals surface area contributed by atoms with Gasteiger partial charge >= 0.3 is 17.9 Å². The third-order valence-electron chi connectivity index (χ3n) is 15.8. The van der Waals surface area contributed by atoms with Crippen LogP contribution in [0.2, 0.25) is 0 Å². The smallest absolute Gasteiger partial charge is 0.306 e. The van der Waals surface area contributed by atoms with Crippen LogP contribution in [0.3, 0.4) is 0 Å². The molecular weight excluding hydrogens is 973 g/mol. The van der Waals surface area contributed by atoms with Crippen molar-refractivity contribution in [2.75, 3.05) is 13.2 Å². The molecule has 0 heterocycles. The number of unbranched alkanes of at least 4 members (excludes halogenated alkanes) is 46. The van der Waals surface area contributed by atoms with E-state index in [4.69, 9.17) is 14.2 Å². The Labute approximate surface area is 492 Å². The summed E-state index contributed by atoms with van der Waals surface area (Å²) in [5.41, 5.74) is 0. The molecule has 79 heavy (non-hydrogen) atoms. The average Bonchev–Trinajstić information content (AvgIpc) is 3.45. The van der Waals surface area contributed by atoms with Gasteiger partial charge in [-0.2, -0.15) is 0 Å². The molecular formula is C73H134O6. The predicted octanol–water partition coefficient (Wildman–Crippen LogP) is 24.1. The molecule has 0 aliphatic carbocycles. The summed E-state index contributed by atoms with van der Waals surface area (Å²) in [7, 11) is 0. The van der Waals surface area contributed by atoms with Gasteiger partial charge < -0.3 is 14.2 Å². The van der Waals surface area contributed by atoms with E-state index in [0.717, 1.165) is 77.0 Å². The summed E-state index contributed by atoms with van der Waals surface area (Å²) in [6, 6.07) is 0. The van der Waals surface area contributed by atoms with Crippen LogP contribution in [-0.2, 0) is 28.6 Å². The molecule has 462 valence electrons. The molecule has 6 nitrogen and oxygen atoms in total. The molecule has 0 rings (SSSR count). The molecule has 0 spiro atoms. The quantitative estimate of drug-likeness (QED) is 0.0261. The summed E-state index contributed by atoms with van der Waals surface area (Å²) >= 11 is 0. The first-order valence-corrected chi connectivity index (χ1v) is 35.1. The molecule has 6 heteroatoms. The van der Waals surface area contributed by atoms with E-state index in [0.29, 0.717) is 19.3 Å². The van der Waals surface area contributed by atoms with Gasteiger partial charge in [0.05, 0.1) is 0 Å². The van der Waals surface area contributed by atoms with E-state index in [2.05, 4.69) is 69.4 Å². The van der Waals surface area contributed by atoms with Crippen LogP contribution in [0.1, 0.15) is 380 Å². The molecule has 0 saturated heterocycles. The van der Waals surface area contributed by atoms with Crippen molar-refractivity contribution < 1.29 is 28.6 Å². The minimum atomic E-state index is -0.780. The van der Waals surface area contributed by atoms with Gasteiger partial charge in [0.25, 0.3) is 0 Å². The summed E-state index contributed by atoms with van der Waals surface area (Å²) < 4.78 is 17.0.